The Kier molecular flexibility index (Phi) is 9.84. The molecule has 3 aromatic carbocycles. The number of halogens is 1. The predicted molar refractivity (Wildman–Crippen MR) is 144 cm³/mol. The minimum Gasteiger partial charge on any atom is -0.497 e. The van der Waals surface area contributed by atoms with Gasteiger partial charge < -0.3 is 15.0 Å². The average Bonchev–Trinajstić information content (AvgIpc) is 2.93. The zero-order valence-corrected chi connectivity index (χ0v) is 22.4. The Morgan fingerprint density at radius 3 is 2.13 bits per heavy atom. The number of hydrogen-bond donors (Lipinski definition) is 1. The lowest BCUT2D eigenvalue weighted by molar-refractivity contribution is -0.140. The molecule has 0 radical (unpaired) electrons. The van der Waals surface area contributed by atoms with Crippen LogP contribution >= 0.6 is 0 Å². The van der Waals surface area contributed by atoms with E-state index in [0.717, 1.165) is 4.31 Å². The molecule has 3 rings (SSSR count). The van der Waals surface area contributed by atoms with Crippen LogP contribution in [-0.4, -0.2) is 51.4 Å². The highest BCUT2D eigenvalue weighted by molar-refractivity contribution is 7.92. The van der Waals surface area contributed by atoms with Crippen molar-refractivity contribution in [3.8, 4) is 5.75 Å². The summed E-state index contributed by atoms with van der Waals surface area (Å²) >= 11 is 0. The van der Waals surface area contributed by atoms with Gasteiger partial charge in [-0.3, -0.25) is 13.9 Å². The average molecular weight is 542 g/mol. The normalized spacial score (nSPS) is 11.9. The first-order valence-electron chi connectivity index (χ1n) is 12.2. The molecular weight excluding hydrogens is 509 g/mol. The molecule has 0 aromatic heterocycles. The number of methoxy groups -OCH3 is 1. The fourth-order valence-corrected chi connectivity index (χ4v) is 5.41. The fraction of sp³-hybridized carbons (Fsp3) is 0.286. The maximum atomic E-state index is 13.8. The second kappa shape index (κ2) is 13.0. The topological polar surface area (TPSA) is 96.0 Å². The van der Waals surface area contributed by atoms with Crippen LogP contribution in [0.1, 0.15) is 25.8 Å². The van der Waals surface area contributed by atoms with Crippen LogP contribution < -0.4 is 14.4 Å². The van der Waals surface area contributed by atoms with Gasteiger partial charge in [0.1, 0.15) is 24.2 Å². The third-order valence-electron chi connectivity index (χ3n) is 5.97. The molecule has 0 aliphatic heterocycles. The molecule has 0 unspecified atom stereocenters. The van der Waals surface area contributed by atoms with E-state index in [0.29, 0.717) is 30.0 Å². The molecule has 2 amide bonds. The van der Waals surface area contributed by atoms with E-state index in [1.54, 1.807) is 44.2 Å². The Bertz CT molecular complexity index is 1320. The number of rotatable bonds is 12. The highest BCUT2D eigenvalue weighted by atomic mass is 32.2. The first-order chi connectivity index (χ1) is 18.2. The van der Waals surface area contributed by atoms with E-state index in [9.17, 15) is 22.4 Å². The molecule has 0 aliphatic rings. The van der Waals surface area contributed by atoms with Gasteiger partial charge in [-0.05, 0) is 67.4 Å². The first-order valence-corrected chi connectivity index (χ1v) is 13.7. The number of nitrogens with one attached hydrogen (secondary N) is 1. The molecule has 0 aliphatic carbocycles. The van der Waals surface area contributed by atoms with Crippen molar-refractivity contribution in [1.82, 2.24) is 10.2 Å². The van der Waals surface area contributed by atoms with Crippen LogP contribution in [0.5, 0.6) is 5.75 Å². The van der Waals surface area contributed by atoms with Crippen molar-refractivity contribution >= 4 is 27.5 Å². The number of sulfonamides is 1. The molecule has 8 nitrogen and oxygen atoms in total. The molecule has 0 saturated heterocycles. The van der Waals surface area contributed by atoms with Crippen molar-refractivity contribution < 1.29 is 27.1 Å². The van der Waals surface area contributed by atoms with Crippen molar-refractivity contribution in [2.75, 3.05) is 24.5 Å². The number of benzene rings is 3. The van der Waals surface area contributed by atoms with Crippen molar-refractivity contribution in [2.24, 2.45) is 0 Å². The van der Waals surface area contributed by atoms with Gasteiger partial charge in [0, 0.05) is 13.1 Å². The van der Waals surface area contributed by atoms with Gasteiger partial charge in [-0.25, -0.2) is 12.8 Å². The molecule has 202 valence electrons. The molecule has 0 saturated carbocycles. The van der Waals surface area contributed by atoms with Crippen molar-refractivity contribution in [3.05, 3.63) is 90.2 Å². The van der Waals surface area contributed by atoms with Crippen LogP contribution in [0.25, 0.3) is 0 Å². The summed E-state index contributed by atoms with van der Waals surface area (Å²) in [7, 11) is -2.69. The number of anilines is 1. The number of nitrogens with zero attached hydrogens (tertiary/aromatic N) is 2. The second-order valence-electron chi connectivity index (χ2n) is 8.49. The summed E-state index contributed by atoms with van der Waals surface area (Å²) in [6.07, 6.45) is 0.301. The number of para-hydroxylation sites is 1. The Hall–Kier alpha value is -3.92. The third-order valence-corrected chi connectivity index (χ3v) is 7.76. The lowest BCUT2D eigenvalue weighted by Gasteiger charge is -2.33. The molecule has 3 aromatic rings. The van der Waals surface area contributed by atoms with Crippen molar-refractivity contribution in [2.45, 2.75) is 37.8 Å². The highest BCUT2D eigenvalue weighted by Gasteiger charge is 2.33. The van der Waals surface area contributed by atoms with E-state index in [2.05, 4.69) is 5.32 Å². The molecule has 0 fully saturated rings. The smallest absolute Gasteiger partial charge is 0.264 e. The number of hydrogen-bond acceptors (Lipinski definition) is 5. The lowest BCUT2D eigenvalue weighted by atomic mass is 10.1. The minimum atomic E-state index is -4.17. The standard InChI is InChI=1S/C28H32FN3O5S/c1-4-26(28(34)30-5-2)31(19-21-11-13-22(29)14-12-21)27(33)20-32(23-9-7-6-8-10-23)38(35,36)25-17-15-24(37-3)16-18-25/h6-18,26H,4-5,19-20H2,1-3H3,(H,30,34)/t26-/m1/s1. The van der Waals surface area contributed by atoms with E-state index in [1.165, 1.54) is 60.5 Å². The molecule has 1 atom stereocenters. The number of carbonyl (C=O) groups excluding carboxylic acids is 2. The van der Waals surface area contributed by atoms with Gasteiger partial charge in [-0.1, -0.05) is 37.3 Å². The largest absolute Gasteiger partial charge is 0.497 e. The van der Waals surface area contributed by atoms with E-state index < -0.39 is 34.3 Å². The quantitative estimate of drug-likeness (QED) is 0.374. The van der Waals surface area contributed by atoms with Gasteiger partial charge in [-0.2, -0.15) is 0 Å². The SMILES string of the molecule is CCNC(=O)[C@@H](CC)N(Cc1ccc(F)cc1)C(=O)CN(c1ccccc1)S(=O)(=O)c1ccc(OC)cc1. The molecular formula is C28H32FN3O5S. The van der Waals surface area contributed by atoms with Crippen molar-refractivity contribution in [1.29, 1.82) is 0 Å². The Morgan fingerprint density at radius 2 is 1.58 bits per heavy atom. The molecule has 38 heavy (non-hydrogen) atoms. The number of ether oxygens (including phenoxy) is 1. The predicted octanol–water partition coefficient (Wildman–Crippen LogP) is 3.97. The fourth-order valence-electron chi connectivity index (χ4n) is 4.00. The summed E-state index contributed by atoms with van der Waals surface area (Å²) in [6.45, 7) is 3.37. The van der Waals surface area contributed by atoms with Gasteiger partial charge in [0.15, 0.2) is 0 Å². The molecule has 1 N–H and O–H groups in total. The van der Waals surface area contributed by atoms with E-state index in [4.69, 9.17) is 4.74 Å². The van der Waals surface area contributed by atoms with Crippen LogP contribution in [0, 0.1) is 5.82 Å². The maximum absolute atomic E-state index is 13.8. The lowest BCUT2D eigenvalue weighted by Crippen LogP contribution is -2.52. The monoisotopic (exact) mass is 541 g/mol. The zero-order valence-electron chi connectivity index (χ0n) is 21.6. The maximum Gasteiger partial charge on any atom is 0.264 e. The van der Waals surface area contributed by atoms with Gasteiger partial charge in [0.2, 0.25) is 11.8 Å². The van der Waals surface area contributed by atoms with Crippen LogP contribution in [0.15, 0.2) is 83.8 Å². The zero-order chi connectivity index (χ0) is 27.7. The third kappa shape index (κ3) is 6.89. The second-order valence-corrected chi connectivity index (χ2v) is 10.4. The van der Waals surface area contributed by atoms with Crippen molar-refractivity contribution in [3.63, 3.8) is 0 Å². The molecule has 0 bridgehead atoms. The van der Waals surface area contributed by atoms with Gasteiger partial charge in [0.25, 0.3) is 10.0 Å². The van der Waals surface area contributed by atoms with Crippen LogP contribution in [0.2, 0.25) is 0 Å². The number of amides is 2. The first kappa shape index (κ1) is 28.6. The van der Waals surface area contributed by atoms with E-state index >= 15 is 0 Å². The van der Waals surface area contributed by atoms with Crippen LogP contribution in [0.3, 0.4) is 0 Å². The summed E-state index contributed by atoms with van der Waals surface area (Å²) in [5.41, 5.74) is 0.899. The van der Waals surface area contributed by atoms with Gasteiger partial charge in [-0.15, -0.1) is 0 Å². The Labute approximate surface area is 223 Å². The van der Waals surface area contributed by atoms with Gasteiger partial charge in [0.05, 0.1) is 17.7 Å². The highest BCUT2D eigenvalue weighted by Crippen LogP contribution is 2.26. The molecule has 10 heteroatoms. The van der Waals surface area contributed by atoms with Crippen LogP contribution in [0.4, 0.5) is 10.1 Å². The number of likely N-dealkylation sites (N-methyl/N-ethyl adjacent to an activating group) is 1. The summed E-state index contributed by atoms with van der Waals surface area (Å²) < 4.78 is 47.2. The minimum absolute atomic E-state index is 0.0000323. The Morgan fingerprint density at radius 1 is 0.947 bits per heavy atom. The molecule has 0 spiro atoms. The molecule has 0 heterocycles. The summed E-state index contributed by atoms with van der Waals surface area (Å²) in [4.78, 5) is 28.0. The van der Waals surface area contributed by atoms with Crippen LogP contribution in [-0.2, 0) is 26.2 Å². The summed E-state index contributed by atoms with van der Waals surface area (Å²) in [5, 5.41) is 2.74. The Balaban J connectivity index is 2.02. The number of carbonyl (C=O) groups is 2. The van der Waals surface area contributed by atoms with E-state index in [1.807, 2.05) is 0 Å². The van der Waals surface area contributed by atoms with E-state index in [-0.39, 0.29) is 17.3 Å². The summed E-state index contributed by atoms with van der Waals surface area (Å²) in [5.74, 6) is -0.865. The summed E-state index contributed by atoms with van der Waals surface area (Å²) in [6, 6.07) is 18.9. The van der Waals surface area contributed by atoms with Gasteiger partial charge >= 0.3 is 0 Å².